The summed E-state index contributed by atoms with van der Waals surface area (Å²) in [5.41, 5.74) is 0. The quantitative estimate of drug-likeness (QED) is 0.753. The Balaban J connectivity index is 1.95. The normalized spacial score (nSPS) is 18.9. The van der Waals surface area contributed by atoms with Crippen LogP contribution in [0.1, 0.15) is 6.92 Å². The third-order valence-corrected chi connectivity index (χ3v) is 2.51. The predicted octanol–water partition coefficient (Wildman–Crippen LogP) is 0.139. The zero-order valence-corrected chi connectivity index (χ0v) is 11.2. The number of ether oxygens (including phenoxy) is 3. The van der Waals surface area contributed by atoms with E-state index < -0.39 is 0 Å². The van der Waals surface area contributed by atoms with Crippen molar-refractivity contribution in [3.8, 4) is 6.01 Å². The van der Waals surface area contributed by atoms with Gasteiger partial charge in [-0.2, -0.15) is 15.0 Å². The lowest BCUT2D eigenvalue weighted by molar-refractivity contribution is -0.0819. The minimum absolute atomic E-state index is 0.0131. The molecule has 1 aromatic heterocycles. The molecule has 0 aliphatic carbocycles. The van der Waals surface area contributed by atoms with Crippen molar-refractivity contribution in [1.29, 1.82) is 0 Å². The van der Waals surface area contributed by atoms with Crippen LogP contribution >= 0.6 is 0 Å². The van der Waals surface area contributed by atoms with Crippen molar-refractivity contribution in [2.45, 2.75) is 13.0 Å². The van der Waals surface area contributed by atoms with E-state index in [1.165, 1.54) is 7.11 Å². The standard InChI is InChI=1S/C11H19N5O3/c1-3-12-9-14-10(16-11(15-9)17-2)13-6-8-7-18-4-5-19-8/h8H,3-7H2,1-2H3,(H2,12,13,14,15,16). The van der Waals surface area contributed by atoms with E-state index in [1.54, 1.807) is 0 Å². The van der Waals surface area contributed by atoms with Crippen LogP contribution in [0.3, 0.4) is 0 Å². The third-order valence-electron chi connectivity index (χ3n) is 2.51. The molecule has 0 bridgehead atoms. The molecule has 1 aromatic rings. The SMILES string of the molecule is CCNc1nc(NCC2COCCO2)nc(OC)n1. The Kier molecular flexibility index (Phi) is 5.10. The average molecular weight is 269 g/mol. The van der Waals surface area contributed by atoms with E-state index in [0.717, 1.165) is 6.54 Å². The first kappa shape index (κ1) is 13.8. The number of nitrogens with one attached hydrogen (secondary N) is 2. The predicted molar refractivity (Wildman–Crippen MR) is 69.6 cm³/mol. The molecule has 8 nitrogen and oxygen atoms in total. The number of rotatable bonds is 6. The largest absolute Gasteiger partial charge is 0.467 e. The highest BCUT2D eigenvalue weighted by Gasteiger charge is 2.15. The second-order valence-electron chi connectivity index (χ2n) is 3.95. The van der Waals surface area contributed by atoms with Gasteiger partial charge in [0, 0.05) is 13.1 Å². The fraction of sp³-hybridized carbons (Fsp3) is 0.727. The van der Waals surface area contributed by atoms with Crippen LogP contribution in [0.4, 0.5) is 11.9 Å². The van der Waals surface area contributed by atoms with Crippen LogP contribution in [0.15, 0.2) is 0 Å². The van der Waals surface area contributed by atoms with E-state index in [0.29, 0.717) is 38.3 Å². The Morgan fingerprint density at radius 3 is 2.63 bits per heavy atom. The molecular formula is C11H19N5O3. The number of methoxy groups -OCH3 is 1. The number of anilines is 2. The monoisotopic (exact) mass is 269 g/mol. The Hall–Kier alpha value is -1.67. The Morgan fingerprint density at radius 2 is 2.00 bits per heavy atom. The minimum atomic E-state index is 0.0131. The maximum atomic E-state index is 5.53. The Labute approximate surface area is 111 Å². The van der Waals surface area contributed by atoms with E-state index in [9.17, 15) is 0 Å². The molecule has 1 fully saturated rings. The molecule has 0 amide bonds. The van der Waals surface area contributed by atoms with Crippen molar-refractivity contribution < 1.29 is 14.2 Å². The third kappa shape index (κ3) is 4.18. The van der Waals surface area contributed by atoms with Gasteiger partial charge in [0.15, 0.2) is 0 Å². The van der Waals surface area contributed by atoms with E-state index in [1.807, 2.05) is 6.92 Å². The van der Waals surface area contributed by atoms with Gasteiger partial charge in [0.2, 0.25) is 11.9 Å². The van der Waals surface area contributed by atoms with Crippen molar-refractivity contribution in [3.05, 3.63) is 0 Å². The van der Waals surface area contributed by atoms with Gasteiger partial charge >= 0.3 is 6.01 Å². The molecular weight excluding hydrogens is 250 g/mol. The summed E-state index contributed by atoms with van der Waals surface area (Å²) >= 11 is 0. The number of aromatic nitrogens is 3. The van der Waals surface area contributed by atoms with Gasteiger partial charge in [-0.3, -0.25) is 0 Å². The van der Waals surface area contributed by atoms with Gasteiger partial charge in [0.1, 0.15) is 0 Å². The van der Waals surface area contributed by atoms with Gasteiger partial charge in [-0.15, -0.1) is 0 Å². The lowest BCUT2D eigenvalue weighted by Crippen LogP contribution is -2.34. The molecule has 1 aliphatic rings. The van der Waals surface area contributed by atoms with Gasteiger partial charge in [0.05, 0.1) is 33.0 Å². The Morgan fingerprint density at radius 1 is 1.21 bits per heavy atom. The summed E-state index contributed by atoms with van der Waals surface area (Å²) < 4.78 is 15.9. The topological polar surface area (TPSA) is 90.4 Å². The summed E-state index contributed by atoms with van der Waals surface area (Å²) in [6, 6.07) is 0.272. The van der Waals surface area contributed by atoms with Gasteiger partial charge in [-0.25, -0.2) is 0 Å². The second kappa shape index (κ2) is 7.05. The van der Waals surface area contributed by atoms with Crippen LogP contribution in [0, 0.1) is 0 Å². The molecule has 2 N–H and O–H groups in total. The molecule has 0 spiro atoms. The average Bonchev–Trinajstić information content (AvgIpc) is 2.46. The van der Waals surface area contributed by atoms with Gasteiger partial charge in [0.25, 0.3) is 0 Å². The summed E-state index contributed by atoms with van der Waals surface area (Å²) in [6.07, 6.45) is 0.0131. The number of nitrogens with zero attached hydrogens (tertiary/aromatic N) is 3. The Bertz CT molecular complexity index is 398. The maximum absolute atomic E-state index is 5.53. The molecule has 0 aromatic carbocycles. The van der Waals surface area contributed by atoms with E-state index in [2.05, 4.69) is 25.6 Å². The molecule has 0 radical (unpaired) electrons. The maximum Gasteiger partial charge on any atom is 0.322 e. The molecule has 2 rings (SSSR count). The van der Waals surface area contributed by atoms with Crippen LogP contribution in [-0.2, 0) is 9.47 Å². The highest BCUT2D eigenvalue weighted by Crippen LogP contribution is 2.11. The van der Waals surface area contributed by atoms with Crippen molar-refractivity contribution >= 4 is 11.9 Å². The molecule has 0 saturated carbocycles. The number of hydrogen-bond donors (Lipinski definition) is 2. The first-order chi connectivity index (χ1) is 9.31. The van der Waals surface area contributed by atoms with E-state index in [4.69, 9.17) is 14.2 Å². The summed E-state index contributed by atoms with van der Waals surface area (Å²) in [5.74, 6) is 0.939. The zero-order chi connectivity index (χ0) is 13.5. The van der Waals surface area contributed by atoms with Crippen molar-refractivity contribution in [2.75, 3.05) is 50.7 Å². The minimum Gasteiger partial charge on any atom is -0.467 e. The van der Waals surface area contributed by atoms with Crippen LogP contribution in [0.5, 0.6) is 6.01 Å². The molecule has 19 heavy (non-hydrogen) atoms. The summed E-state index contributed by atoms with van der Waals surface area (Å²) in [4.78, 5) is 12.4. The second-order valence-corrected chi connectivity index (χ2v) is 3.95. The van der Waals surface area contributed by atoms with Crippen LogP contribution in [-0.4, -0.2) is 61.1 Å². The summed E-state index contributed by atoms with van der Waals surface area (Å²) in [6.45, 7) is 5.13. The first-order valence-electron chi connectivity index (χ1n) is 6.29. The highest BCUT2D eigenvalue weighted by atomic mass is 16.6. The smallest absolute Gasteiger partial charge is 0.322 e. The van der Waals surface area contributed by atoms with Gasteiger partial charge in [-0.05, 0) is 6.92 Å². The fourth-order valence-electron chi connectivity index (χ4n) is 1.62. The van der Waals surface area contributed by atoms with Gasteiger partial charge in [-0.1, -0.05) is 0 Å². The van der Waals surface area contributed by atoms with Crippen LogP contribution in [0.25, 0.3) is 0 Å². The molecule has 1 atom stereocenters. The zero-order valence-electron chi connectivity index (χ0n) is 11.2. The molecule has 106 valence electrons. The van der Waals surface area contributed by atoms with Crippen LogP contribution in [0.2, 0.25) is 0 Å². The summed E-state index contributed by atoms with van der Waals surface area (Å²) in [5, 5.41) is 6.12. The molecule has 2 heterocycles. The van der Waals surface area contributed by atoms with E-state index >= 15 is 0 Å². The van der Waals surface area contributed by atoms with E-state index in [-0.39, 0.29) is 12.1 Å². The first-order valence-corrected chi connectivity index (χ1v) is 6.29. The summed E-state index contributed by atoms with van der Waals surface area (Å²) in [7, 11) is 1.52. The highest BCUT2D eigenvalue weighted by molar-refractivity contribution is 5.35. The lowest BCUT2D eigenvalue weighted by atomic mass is 10.3. The molecule has 1 saturated heterocycles. The van der Waals surface area contributed by atoms with Gasteiger partial charge < -0.3 is 24.8 Å². The fourth-order valence-corrected chi connectivity index (χ4v) is 1.62. The van der Waals surface area contributed by atoms with Crippen molar-refractivity contribution in [1.82, 2.24) is 15.0 Å². The molecule has 1 aliphatic heterocycles. The number of hydrogen-bond acceptors (Lipinski definition) is 8. The van der Waals surface area contributed by atoms with Crippen molar-refractivity contribution in [3.63, 3.8) is 0 Å². The molecule has 1 unspecified atom stereocenters. The van der Waals surface area contributed by atoms with Crippen molar-refractivity contribution in [2.24, 2.45) is 0 Å². The van der Waals surface area contributed by atoms with Crippen LogP contribution < -0.4 is 15.4 Å². The lowest BCUT2D eigenvalue weighted by Gasteiger charge is -2.23. The molecule has 8 heteroatoms.